The molecule has 0 spiro atoms. The first-order valence-corrected chi connectivity index (χ1v) is 5.81. The largest absolute Gasteiger partial charge is 0.497 e. The standard InChI is InChI=1S/C13H20FNO/c1-3-15-9-5-4-6-11-7-8-12(16-2)10-13(11)14/h7-8,10,15H,3-6,9H2,1-2H3. The zero-order chi connectivity index (χ0) is 11.8. The molecule has 90 valence electrons. The molecule has 0 aliphatic carbocycles. The maximum absolute atomic E-state index is 13.5. The number of halogens is 1. The molecule has 0 amide bonds. The van der Waals surface area contributed by atoms with Gasteiger partial charge in [0.1, 0.15) is 11.6 Å². The number of nitrogens with one attached hydrogen (secondary N) is 1. The Morgan fingerprint density at radius 3 is 2.75 bits per heavy atom. The number of hydrogen-bond donors (Lipinski definition) is 1. The summed E-state index contributed by atoms with van der Waals surface area (Å²) in [7, 11) is 1.55. The second-order valence-electron chi connectivity index (χ2n) is 3.77. The van der Waals surface area contributed by atoms with E-state index in [0.717, 1.165) is 37.9 Å². The van der Waals surface area contributed by atoms with Crippen LogP contribution >= 0.6 is 0 Å². The van der Waals surface area contributed by atoms with Crippen LogP contribution in [0, 0.1) is 5.82 Å². The van der Waals surface area contributed by atoms with E-state index in [1.165, 1.54) is 6.07 Å². The maximum atomic E-state index is 13.5. The molecule has 0 saturated heterocycles. The van der Waals surface area contributed by atoms with Crippen LogP contribution < -0.4 is 10.1 Å². The second kappa shape index (κ2) is 7.23. The van der Waals surface area contributed by atoms with Crippen LogP contribution in [-0.2, 0) is 6.42 Å². The van der Waals surface area contributed by atoms with Crippen LogP contribution in [0.1, 0.15) is 25.3 Å². The van der Waals surface area contributed by atoms with Gasteiger partial charge in [0.15, 0.2) is 0 Å². The molecule has 2 nitrogen and oxygen atoms in total. The van der Waals surface area contributed by atoms with Crippen molar-refractivity contribution < 1.29 is 9.13 Å². The molecule has 0 fully saturated rings. The third-order valence-corrected chi connectivity index (χ3v) is 2.56. The van der Waals surface area contributed by atoms with Crippen molar-refractivity contribution in [2.75, 3.05) is 20.2 Å². The van der Waals surface area contributed by atoms with Gasteiger partial charge in [-0.1, -0.05) is 13.0 Å². The van der Waals surface area contributed by atoms with E-state index in [0.29, 0.717) is 5.75 Å². The van der Waals surface area contributed by atoms with E-state index in [4.69, 9.17) is 4.74 Å². The number of ether oxygens (including phenoxy) is 1. The van der Waals surface area contributed by atoms with E-state index < -0.39 is 0 Å². The Balaban J connectivity index is 2.36. The quantitative estimate of drug-likeness (QED) is 0.720. The van der Waals surface area contributed by atoms with Gasteiger partial charge in [-0.15, -0.1) is 0 Å². The number of rotatable bonds is 7. The highest BCUT2D eigenvalue weighted by Crippen LogP contribution is 2.17. The van der Waals surface area contributed by atoms with Crippen molar-refractivity contribution in [3.05, 3.63) is 29.6 Å². The van der Waals surface area contributed by atoms with Crippen molar-refractivity contribution in [3.8, 4) is 5.75 Å². The lowest BCUT2D eigenvalue weighted by atomic mass is 10.1. The van der Waals surface area contributed by atoms with Crippen LogP contribution in [0.3, 0.4) is 0 Å². The van der Waals surface area contributed by atoms with Gasteiger partial charge in [-0.3, -0.25) is 0 Å². The fourth-order valence-electron chi connectivity index (χ4n) is 1.60. The highest BCUT2D eigenvalue weighted by molar-refractivity contribution is 5.28. The van der Waals surface area contributed by atoms with Gasteiger partial charge in [0.2, 0.25) is 0 Å². The topological polar surface area (TPSA) is 21.3 Å². The van der Waals surface area contributed by atoms with Gasteiger partial charge in [-0.05, 0) is 44.0 Å². The molecule has 0 aliphatic heterocycles. The first-order chi connectivity index (χ1) is 7.77. The average Bonchev–Trinajstić information content (AvgIpc) is 2.30. The van der Waals surface area contributed by atoms with E-state index in [1.54, 1.807) is 13.2 Å². The lowest BCUT2D eigenvalue weighted by molar-refractivity contribution is 0.410. The summed E-state index contributed by atoms with van der Waals surface area (Å²) in [6, 6.07) is 5.06. The third kappa shape index (κ3) is 4.19. The van der Waals surface area contributed by atoms with Gasteiger partial charge in [0.25, 0.3) is 0 Å². The minimum atomic E-state index is -0.164. The Hall–Kier alpha value is -1.09. The minimum Gasteiger partial charge on any atom is -0.497 e. The summed E-state index contributed by atoms with van der Waals surface area (Å²) in [5.74, 6) is 0.414. The van der Waals surface area contributed by atoms with Crippen LogP contribution in [-0.4, -0.2) is 20.2 Å². The monoisotopic (exact) mass is 225 g/mol. The molecule has 1 rings (SSSR count). The average molecular weight is 225 g/mol. The van der Waals surface area contributed by atoms with Crippen LogP contribution in [0.25, 0.3) is 0 Å². The Morgan fingerprint density at radius 1 is 1.31 bits per heavy atom. The van der Waals surface area contributed by atoms with Crippen molar-refractivity contribution >= 4 is 0 Å². The summed E-state index contributed by atoms with van der Waals surface area (Å²) in [5, 5.41) is 3.25. The smallest absolute Gasteiger partial charge is 0.130 e. The molecule has 1 N–H and O–H groups in total. The molecular weight excluding hydrogens is 205 g/mol. The van der Waals surface area contributed by atoms with Crippen molar-refractivity contribution in [3.63, 3.8) is 0 Å². The summed E-state index contributed by atoms with van der Waals surface area (Å²) < 4.78 is 18.5. The lowest BCUT2D eigenvalue weighted by Crippen LogP contribution is -2.14. The minimum absolute atomic E-state index is 0.164. The summed E-state index contributed by atoms with van der Waals surface area (Å²) in [6.45, 7) is 4.09. The highest BCUT2D eigenvalue weighted by atomic mass is 19.1. The van der Waals surface area contributed by atoms with Crippen molar-refractivity contribution in [1.29, 1.82) is 0 Å². The van der Waals surface area contributed by atoms with Gasteiger partial charge < -0.3 is 10.1 Å². The van der Waals surface area contributed by atoms with E-state index in [1.807, 2.05) is 6.07 Å². The molecule has 3 heteroatoms. The van der Waals surface area contributed by atoms with Gasteiger partial charge in [-0.25, -0.2) is 4.39 Å². The predicted octanol–water partition coefficient (Wildman–Crippen LogP) is 2.77. The molecular formula is C13H20FNO. The second-order valence-corrected chi connectivity index (χ2v) is 3.77. The summed E-state index contributed by atoms with van der Waals surface area (Å²) in [6.07, 6.45) is 2.89. The summed E-state index contributed by atoms with van der Waals surface area (Å²) in [5.41, 5.74) is 0.775. The molecule has 0 aliphatic rings. The fourth-order valence-corrected chi connectivity index (χ4v) is 1.60. The number of unbranched alkanes of at least 4 members (excludes halogenated alkanes) is 1. The Morgan fingerprint density at radius 2 is 2.12 bits per heavy atom. The first-order valence-electron chi connectivity index (χ1n) is 5.81. The molecule has 0 heterocycles. The fraction of sp³-hybridized carbons (Fsp3) is 0.538. The molecule has 0 unspecified atom stereocenters. The zero-order valence-electron chi connectivity index (χ0n) is 10.1. The summed E-state index contributed by atoms with van der Waals surface area (Å²) >= 11 is 0. The lowest BCUT2D eigenvalue weighted by Gasteiger charge is -2.06. The van der Waals surface area contributed by atoms with Crippen LogP contribution in [0.2, 0.25) is 0 Å². The third-order valence-electron chi connectivity index (χ3n) is 2.56. The Kier molecular flexibility index (Phi) is 5.86. The maximum Gasteiger partial charge on any atom is 0.130 e. The molecule has 0 radical (unpaired) electrons. The van der Waals surface area contributed by atoms with Gasteiger partial charge in [0.05, 0.1) is 7.11 Å². The zero-order valence-corrected chi connectivity index (χ0v) is 10.1. The van der Waals surface area contributed by atoms with Crippen molar-refractivity contribution in [2.24, 2.45) is 0 Å². The number of benzene rings is 1. The molecule has 0 bridgehead atoms. The van der Waals surface area contributed by atoms with Gasteiger partial charge in [-0.2, -0.15) is 0 Å². The molecule has 1 aromatic carbocycles. The molecule has 1 aromatic rings. The van der Waals surface area contributed by atoms with Crippen LogP contribution in [0.15, 0.2) is 18.2 Å². The van der Waals surface area contributed by atoms with Gasteiger partial charge >= 0.3 is 0 Å². The Labute approximate surface area is 96.8 Å². The van der Waals surface area contributed by atoms with Crippen molar-refractivity contribution in [1.82, 2.24) is 5.32 Å². The number of aryl methyl sites for hydroxylation is 1. The number of methoxy groups -OCH3 is 1. The SMILES string of the molecule is CCNCCCCc1ccc(OC)cc1F. The van der Waals surface area contributed by atoms with Gasteiger partial charge in [0, 0.05) is 6.07 Å². The number of hydrogen-bond acceptors (Lipinski definition) is 2. The van der Waals surface area contributed by atoms with E-state index in [-0.39, 0.29) is 5.82 Å². The van der Waals surface area contributed by atoms with E-state index in [2.05, 4.69) is 12.2 Å². The molecule has 0 aromatic heterocycles. The van der Waals surface area contributed by atoms with Crippen LogP contribution in [0.5, 0.6) is 5.75 Å². The van der Waals surface area contributed by atoms with Crippen molar-refractivity contribution in [2.45, 2.75) is 26.2 Å². The highest BCUT2D eigenvalue weighted by Gasteiger charge is 2.03. The predicted molar refractivity (Wildman–Crippen MR) is 64.4 cm³/mol. The molecule has 0 saturated carbocycles. The van der Waals surface area contributed by atoms with E-state index >= 15 is 0 Å². The first kappa shape index (κ1) is 13.0. The normalized spacial score (nSPS) is 10.4. The van der Waals surface area contributed by atoms with Crippen LogP contribution in [0.4, 0.5) is 4.39 Å². The summed E-state index contributed by atoms with van der Waals surface area (Å²) in [4.78, 5) is 0. The Bertz CT molecular complexity index is 315. The van der Waals surface area contributed by atoms with E-state index in [9.17, 15) is 4.39 Å². The molecule has 16 heavy (non-hydrogen) atoms. The molecule has 0 atom stereocenters.